The van der Waals surface area contributed by atoms with Gasteiger partial charge in [0.05, 0.1) is 22.8 Å². The first-order valence-corrected chi connectivity index (χ1v) is 8.41. The molecule has 1 aliphatic rings. The maximum absolute atomic E-state index is 13.7. The minimum absolute atomic E-state index is 0.0486. The fraction of sp³-hybridized carbons (Fsp3) is 0.375. The van der Waals surface area contributed by atoms with Crippen molar-refractivity contribution in [3.8, 4) is 0 Å². The lowest BCUT2D eigenvalue weighted by Crippen LogP contribution is -2.15. The number of anilines is 1. The molecule has 1 aromatic carbocycles. The quantitative estimate of drug-likeness (QED) is 0.895. The number of aromatic amines is 1. The molecule has 1 aliphatic carbocycles. The van der Waals surface area contributed by atoms with E-state index >= 15 is 0 Å². The van der Waals surface area contributed by atoms with E-state index in [2.05, 4.69) is 15.5 Å². The highest BCUT2D eigenvalue weighted by atomic mass is 32.2. The second-order valence-corrected chi connectivity index (χ2v) is 6.84. The summed E-state index contributed by atoms with van der Waals surface area (Å²) in [7, 11) is 0. The molecule has 1 heterocycles. The number of rotatable bonds is 4. The van der Waals surface area contributed by atoms with Crippen LogP contribution in [0.1, 0.15) is 34.2 Å². The molecule has 0 bridgehead atoms. The van der Waals surface area contributed by atoms with Gasteiger partial charge in [0.25, 0.3) is 0 Å². The van der Waals surface area contributed by atoms with Crippen LogP contribution in [0.3, 0.4) is 0 Å². The van der Waals surface area contributed by atoms with Crippen LogP contribution in [0.25, 0.3) is 0 Å². The normalized spacial score (nSPS) is 16.4. The van der Waals surface area contributed by atoms with Gasteiger partial charge in [-0.05, 0) is 43.9 Å². The van der Waals surface area contributed by atoms with Crippen LogP contribution in [0.15, 0.2) is 12.1 Å². The van der Waals surface area contributed by atoms with E-state index in [0.717, 1.165) is 23.9 Å². The molecule has 3 rings (SSSR count). The number of nitrogens with zero attached hydrogens (tertiary/aromatic N) is 1. The lowest BCUT2D eigenvalue weighted by atomic mass is 10.1. The van der Waals surface area contributed by atoms with Gasteiger partial charge in [-0.2, -0.15) is 5.10 Å². The third kappa shape index (κ3) is 3.24. The van der Waals surface area contributed by atoms with Gasteiger partial charge < -0.3 is 5.32 Å². The summed E-state index contributed by atoms with van der Waals surface area (Å²) >= 11 is 1.41. The molecule has 1 aromatic heterocycles. The molecular weight excluding hydrogens is 320 g/mol. The largest absolute Gasteiger partial charge is 0.322 e. The number of amides is 1. The van der Waals surface area contributed by atoms with Crippen LogP contribution in [0.2, 0.25) is 0 Å². The molecule has 0 spiro atoms. The summed E-state index contributed by atoms with van der Waals surface area (Å²) in [5.74, 6) is -0.972. The molecule has 7 heteroatoms. The lowest BCUT2D eigenvalue weighted by Gasteiger charge is -2.12. The number of hydrogen-bond donors (Lipinski definition) is 2. The summed E-state index contributed by atoms with van der Waals surface area (Å²) in [5.41, 5.74) is 3.48. The molecule has 0 fully saturated rings. The molecule has 0 radical (unpaired) electrons. The number of aryl methyl sites for hydroxylation is 2. The Morgan fingerprint density at radius 3 is 2.91 bits per heavy atom. The van der Waals surface area contributed by atoms with E-state index in [-0.39, 0.29) is 16.9 Å². The number of hydrogen-bond acceptors (Lipinski definition) is 3. The van der Waals surface area contributed by atoms with Gasteiger partial charge in [0, 0.05) is 11.3 Å². The SMILES string of the molecule is Cc1n[nH]c(C)c1NC(=O)CSC1CCc2c(F)cc(F)cc21. The Hall–Kier alpha value is -1.89. The average Bonchev–Trinajstić information content (AvgIpc) is 3.03. The van der Waals surface area contributed by atoms with E-state index in [1.807, 2.05) is 13.8 Å². The van der Waals surface area contributed by atoms with E-state index in [9.17, 15) is 13.6 Å². The number of H-pyrrole nitrogens is 1. The molecule has 1 atom stereocenters. The van der Waals surface area contributed by atoms with Gasteiger partial charge in [0.15, 0.2) is 0 Å². The summed E-state index contributed by atoms with van der Waals surface area (Å²) in [6.45, 7) is 3.65. The zero-order valence-electron chi connectivity index (χ0n) is 12.9. The Morgan fingerprint density at radius 1 is 1.43 bits per heavy atom. The van der Waals surface area contributed by atoms with Crippen molar-refractivity contribution in [2.45, 2.75) is 31.9 Å². The standard InChI is InChI=1S/C16H17F2N3OS/c1-8-16(9(2)21-20-8)19-15(22)7-23-14-4-3-11-12(14)5-10(17)6-13(11)18/h5-6,14H,3-4,7H2,1-2H3,(H,19,22)(H,20,21). The van der Waals surface area contributed by atoms with Crippen molar-refractivity contribution in [1.82, 2.24) is 10.2 Å². The molecule has 0 aliphatic heterocycles. The first-order chi connectivity index (χ1) is 11.0. The Labute approximate surface area is 137 Å². The number of aromatic nitrogens is 2. The second kappa shape index (κ2) is 6.31. The first kappa shape index (κ1) is 16.0. The van der Waals surface area contributed by atoms with Crippen molar-refractivity contribution < 1.29 is 13.6 Å². The van der Waals surface area contributed by atoms with E-state index in [4.69, 9.17) is 0 Å². The topological polar surface area (TPSA) is 57.8 Å². The van der Waals surface area contributed by atoms with Crippen LogP contribution in [0, 0.1) is 25.5 Å². The van der Waals surface area contributed by atoms with Crippen LogP contribution in [-0.4, -0.2) is 21.9 Å². The maximum Gasteiger partial charge on any atom is 0.234 e. The van der Waals surface area contributed by atoms with Gasteiger partial charge >= 0.3 is 0 Å². The smallest absolute Gasteiger partial charge is 0.234 e. The monoisotopic (exact) mass is 337 g/mol. The fourth-order valence-corrected chi connectivity index (χ4v) is 3.96. The summed E-state index contributed by atoms with van der Waals surface area (Å²) in [6, 6.07) is 2.30. The van der Waals surface area contributed by atoms with E-state index in [1.54, 1.807) is 0 Å². The first-order valence-electron chi connectivity index (χ1n) is 7.36. The molecule has 122 valence electrons. The third-order valence-electron chi connectivity index (χ3n) is 4.01. The Morgan fingerprint density at radius 2 is 2.22 bits per heavy atom. The van der Waals surface area contributed by atoms with Gasteiger partial charge in [-0.15, -0.1) is 11.8 Å². The number of carbonyl (C=O) groups is 1. The summed E-state index contributed by atoms with van der Waals surface area (Å²) in [5, 5.41) is 9.62. The van der Waals surface area contributed by atoms with Crippen LogP contribution < -0.4 is 5.32 Å². The zero-order valence-corrected chi connectivity index (χ0v) is 13.7. The summed E-state index contributed by atoms with van der Waals surface area (Å²) in [6.07, 6.45) is 1.30. The van der Waals surface area contributed by atoms with Gasteiger partial charge in [-0.1, -0.05) is 0 Å². The van der Waals surface area contributed by atoms with Crippen molar-refractivity contribution in [2.75, 3.05) is 11.1 Å². The molecule has 1 unspecified atom stereocenters. The number of thioether (sulfide) groups is 1. The van der Waals surface area contributed by atoms with E-state index in [0.29, 0.717) is 23.2 Å². The molecule has 2 aromatic rings. The third-order valence-corrected chi connectivity index (χ3v) is 5.33. The predicted octanol–water partition coefficient (Wildman–Crippen LogP) is 3.66. The molecule has 4 nitrogen and oxygen atoms in total. The van der Waals surface area contributed by atoms with Crippen molar-refractivity contribution >= 4 is 23.4 Å². The van der Waals surface area contributed by atoms with Crippen molar-refractivity contribution in [1.29, 1.82) is 0 Å². The van der Waals surface area contributed by atoms with Crippen LogP contribution in [0.4, 0.5) is 14.5 Å². The minimum Gasteiger partial charge on any atom is -0.322 e. The van der Waals surface area contributed by atoms with Crippen LogP contribution >= 0.6 is 11.8 Å². The second-order valence-electron chi connectivity index (χ2n) is 5.65. The molecule has 0 saturated carbocycles. The predicted molar refractivity (Wildman–Crippen MR) is 86.6 cm³/mol. The number of halogens is 2. The summed E-state index contributed by atoms with van der Waals surface area (Å²) in [4.78, 5) is 12.1. The Kier molecular flexibility index (Phi) is 4.39. The number of nitrogens with one attached hydrogen (secondary N) is 2. The van der Waals surface area contributed by atoms with Crippen LogP contribution in [-0.2, 0) is 11.2 Å². The number of carbonyl (C=O) groups excluding carboxylic acids is 1. The van der Waals surface area contributed by atoms with Crippen molar-refractivity contribution in [2.24, 2.45) is 0 Å². The molecule has 2 N–H and O–H groups in total. The average molecular weight is 337 g/mol. The van der Waals surface area contributed by atoms with Crippen molar-refractivity contribution in [3.63, 3.8) is 0 Å². The van der Waals surface area contributed by atoms with E-state index in [1.165, 1.54) is 17.8 Å². The van der Waals surface area contributed by atoms with E-state index < -0.39 is 11.6 Å². The molecule has 0 saturated heterocycles. The Balaban J connectivity index is 1.63. The lowest BCUT2D eigenvalue weighted by molar-refractivity contribution is -0.113. The highest BCUT2D eigenvalue weighted by molar-refractivity contribution is 8.00. The van der Waals surface area contributed by atoms with Crippen LogP contribution in [0.5, 0.6) is 0 Å². The Bertz CT molecular complexity index is 741. The van der Waals surface area contributed by atoms with Gasteiger partial charge in [0.1, 0.15) is 11.6 Å². The fourth-order valence-electron chi connectivity index (χ4n) is 2.87. The van der Waals surface area contributed by atoms with Crippen molar-refractivity contribution in [3.05, 3.63) is 46.3 Å². The highest BCUT2D eigenvalue weighted by Crippen LogP contribution is 2.42. The van der Waals surface area contributed by atoms with Gasteiger partial charge in [0.2, 0.25) is 5.91 Å². The zero-order chi connectivity index (χ0) is 16.6. The maximum atomic E-state index is 13.7. The molecule has 23 heavy (non-hydrogen) atoms. The highest BCUT2D eigenvalue weighted by Gasteiger charge is 2.27. The minimum atomic E-state index is -0.567. The van der Waals surface area contributed by atoms with Gasteiger partial charge in [-0.3, -0.25) is 9.89 Å². The van der Waals surface area contributed by atoms with Gasteiger partial charge in [-0.25, -0.2) is 8.78 Å². The number of fused-ring (bicyclic) bond motifs is 1. The number of benzene rings is 1. The molecular formula is C16H17F2N3OS. The summed E-state index contributed by atoms with van der Waals surface area (Å²) < 4.78 is 27.1. The molecule has 1 amide bonds.